The third kappa shape index (κ3) is 3.14. The molecule has 1 unspecified atom stereocenters. The standard InChI is InChI=1S/C17H23NO2/c1-2-16(17(19)18-11-12-6-7-12)20-15-9-8-13-4-3-5-14(13)10-15/h8-10,12,16H,2-7,11H2,1H3,(H,18,19). The van der Waals surface area contributed by atoms with Crippen molar-refractivity contribution in [2.45, 2.75) is 51.6 Å². The van der Waals surface area contributed by atoms with E-state index in [2.05, 4.69) is 17.4 Å². The molecule has 1 aromatic carbocycles. The summed E-state index contributed by atoms with van der Waals surface area (Å²) in [5.41, 5.74) is 2.82. The zero-order valence-corrected chi connectivity index (χ0v) is 12.2. The monoisotopic (exact) mass is 273 g/mol. The summed E-state index contributed by atoms with van der Waals surface area (Å²) in [5.74, 6) is 1.57. The van der Waals surface area contributed by atoms with Crippen molar-refractivity contribution < 1.29 is 9.53 Å². The van der Waals surface area contributed by atoms with Gasteiger partial charge in [0.2, 0.25) is 0 Å². The molecule has 1 saturated carbocycles. The minimum Gasteiger partial charge on any atom is -0.481 e. The Morgan fingerprint density at radius 1 is 1.35 bits per heavy atom. The SMILES string of the molecule is CCC(Oc1ccc2c(c1)CCC2)C(=O)NCC1CC1. The molecule has 1 atom stereocenters. The summed E-state index contributed by atoms with van der Waals surface area (Å²) < 4.78 is 5.89. The van der Waals surface area contributed by atoms with Crippen molar-refractivity contribution in [3.05, 3.63) is 29.3 Å². The normalized spacial score (nSPS) is 18.4. The maximum absolute atomic E-state index is 12.1. The van der Waals surface area contributed by atoms with E-state index in [0.717, 1.165) is 18.7 Å². The second kappa shape index (κ2) is 5.86. The first-order valence-electron chi connectivity index (χ1n) is 7.82. The van der Waals surface area contributed by atoms with Crippen molar-refractivity contribution in [2.24, 2.45) is 5.92 Å². The largest absolute Gasteiger partial charge is 0.481 e. The number of benzene rings is 1. The molecular formula is C17H23NO2. The minimum atomic E-state index is -0.367. The van der Waals surface area contributed by atoms with Crippen LogP contribution in [0.4, 0.5) is 0 Å². The summed E-state index contributed by atoms with van der Waals surface area (Å²) in [6, 6.07) is 6.26. The molecule has 1 amide bonds. The fourth-order valence-electron chi connectivity index (χ4n) is 2.79. The lowest BCUT2D eigenvalue weighted by Gasteiger charge is -2.18. The summed E-state index contributed by atoms with van der Waals surface area (Å²) in [6.07, 6.45) is 6.39. The van der Waals surface area contributed by atoms with Crippen LogP contribution in [0.3, 0.4) is 0 Å². The Morgan fingerprint density at radius 3 is 2.90 bits per heavy atom. The van der Waals surface area contributed by atoms with Crippen LogP contribution in [0.1, 0.15) is 43.7 Å². The molecule has 0 radical (unpaired) electrons. The van der Waals surface area contributed by atoms with Crippen molar-refractivity contribution in [2.75, 3.05) is 6.54 Å². The molecule has 0 bridgehead atoms. The van der Waals surface area contributed by atoms with Gasteiger partial charge in [0, 0.05) is 6.54 Å². The first-order chi connectivity index (χ1) is 9.76. The van der Waals surface area contributed by atoms with Gasteiger partial charge in [-0.3, -0.25) is 4.79 Å². The van der Waals surface area contributed by atoms with Crippen LogP contribution in [-0.4, -0.2) is 18.6 Å². The number of hydrogen-bond donors (Lipinski definition) is 1. The summed E-state index contributed by atoms with van der Waals surface area (Å²) in [7, 11) is 0. The highest BCUT2D eigenvalue weighted by molar-refractivity contribution is 5.81. The van der Waals surface area contributed by atoms with Gasteiger partial charge in [-0.2, -0.15) is 0 Å². The summed E-state index contributed by atoms with van der Waals surface area (Å²) >= 11 is 0. The Bertz CT molecular complexity index is 494. The van der Waals surface area contributed by atoms with Crippen LogP contribution in [0.5, 0.6) is 5.75 Å². The third-order valence-corrected chi connectivity index (χ3v) is 4.27. The highest BCUT2D eigenvalue weighted by atomic mass is 16.5. The maximum atomic E-state index is 12.1. The molecule has 1 aromatic rings. The molecule has 3 rings (SSSR count). The number of hydrogen-bond acceptors (Lipinski definition) is 2. The average Bonchev–Trinajstić information content (AvgIpc) is 3.18. The molecule has 1 N–H and O–H groups in total. The van der Waals surface area contributed by atoms with E-state index < -0.39 is 0 Å². The van der Waals surface area contributed by atoms with Crippen LogP contribution >= 0.6 is 0 Å². The van der Waals surface area contributed by atoms with Crippen LogP contribution in [0.15, 0.2) is 18.2 Å². The van der Waals surface area contributed by atoms with Crippen molar-refractivity contribution in [3.63, 3.8) is 0 Å². The van der Waals surface area contributed by atoms with Gasteiger partial charge in [0.05, 0.1) is 0 Å². The smallest absolute Gasteiger partial charge is 0.261 e. The molecule has 2 aliphatic carbocycles. The van der Waals surface area contributed by atoms with E-state index in [1.54, 1.807) is 0 Å². The number of rotatable bonds is 6. The Balaban J connectivity index is 1.59. The molecule has 3 nitrogen and oxygen atoms in total. The van der Waals surface area contributed by atoms with Crippen LogP contribution in [0.2, 0.25) is 0 Å². The van der Waals surface area contributed by atoms with Crippen LogP contribution < -0.4 is 10.1 Å². The quantitative estimate of drug-likeness (QED) is 0.865. The number of nitrogens with one attached hydrogen (secondary N) is 1. The molecule has 0 spiro atoms. The zero-order chi connectivity index (χ0) is 13.9. The van der Waals surface area contributed by atoms with Gasteiger partial charge in [0.1, 0.15) is 5.75 Å². The number of carbonyl (C=O) groups is 1. The van der Waals surface area contributed by atoms with E-state index in [4.69, 9.17) is 4.74 Å². The van der Waals surface area contributed by atoms with E-state index in [0.29, 0.717) is 12.3 Å². The highest BCUT2D eigenvalue weighted by Crippen LogP contribution is 2.28. The molecule has 0 aliphatic heterocycles. The van der Waals surface area contributed by atoms with Gasteiger partial charge in [-0.25, -0.2) is 0 Å². The van der Waals surface area contributed by atoms with Gasteiger partial charge < -0.3 is 10.1 Å². The van der Waals surface area contributed by atoms with Gasteiger partial charge in [-0.15, -0.1) is 0 Å². The van der Waals surface area contributed by atoms with Crippen molar-refractivity contribution >= 4 is 5.91 Å². The number of fused-ring (bicyclic) bond motifs is 1. The summed E-state index contributed by atoms with van der Waals surface area (Å²) in [5, 5.41) is 3.00. The van der Waals surface area contributed by atoms with E-state index in [9.17, 15) is 4.79 Å². The van der Waals surface area contributed by atoms with E-state index in [1.807, 2.05) is 13.0 Å². The lowest BCUT2D eigenvalue weighted by Crippen LogP contribution is -2.38. The molecule has 20 heavy (non-hydrogen) atoms. The number of amides is 1. The van der Waals surface area contributed by atoms with Crippen molar-refractivity contribution in [1.82, 2.24) is 5.32 Å². The Hall–Kier alpha value is -1.51. The van der Waals surface area contributed by atoms with E-state index in [1.165, 1.54) is 36.8 Å². The molecule has 1 fully saturated rings. The van der Waals surface area contributed by atoms with Crippen LogP contribution in [0, 0.1) is 5.92 Å². The first kappa shape index (κ1) is 13.5. The molecular weight excluding hydrogens is 250 g/mol. The Morgan fingerprint density at radius 2 is 2.15 bits per heavy atom. The predicted molar refractivity (Wildman–Crippen MR) is 78.9 cm³/mol. The maximum Gasteiger partial charge on any atom is 0.261 e. The number of aryl methyl sites for hydroxylation is 2. The van der Waals surface area contributed by atoms with Gasteiger partial charge in [-0.05, 0) is 67.7 Å². The summed E-state index contributed by atoms with van der Waals surface area (Å²) in [6.45, 7) is 2.80. The Labute approximate surface area is 120 Å². The number of carbonyl (C=O) groups excluding carboxylic acids is 1. The topological polar surface area (TPSA) is 38.3 Å². The molecule has 108 valence electrons. The summed E-state index contributed by atoms with van der Waals surface area (Å²) in [4.78, 5) is 12.1. The first-order valence-corrected chi connectivity index (χ1v) is 7.82. The van der Waals surface area contributed by atoms with Gasteiger partial charge in [0.15, 0.2) is 6.10 Å². The average molecular weight is 273 g/mol. The van der Waals surface area contributed by atoms with Crippen LogP contribution in [0.25, 0.3) is 0 Å². The van der Waals surface area contributed by atoms with Gasteiger partial charge in [-0.1, -0.05) is 13.0 Å². The molecule has 0 aromatic heterocycles. The van der Waals surface area contributed by atoms with Crippen LogP contribution in [-0.2, 0) is 17.6 Å². The highest BCUT2D eigenvalue weighted by Gasteiger charge is 2.24. The predicted octanol–water partition coefficient (Wildman–Crippen LogP) is 2.86. The third-order valence-electron chi connectivity index (χ3n) is 4.27. The van der Waals surface area contributed by atoms with Crippen molar-refractivity contribution in [1.29, 1.82) is 0 Å². The van der Waals surface area contributed by atoms with Gasteiger partial charge in [0.25, 0.3) is 5.91 Å². The second-order valence-corrected chi connectivity index (χ2v) is 5.99. The number of ether oxygens (including phenoxy) is 1. The van der Waals surface area contributed by atoms with Crippen molar-refractivity contribution in [3.8, 4) is 5.75 Å². The Kier molecular flexibility index (Phi) is 3.95. The molecule has 3 heteroatoms. The zero-order valence-electron chi connectivity index (χ0n) is 12.2. The lowest BCUT2D eigenvalue weighted by molar-refractivity contribution is -0.128. The molecule has 0 saturated heterocycles. The van der Waals surface area contributed by atoms with E-state index >= 15 is 0 Å². The fourth-order valence-corrected chi connectivity index (χ4v) is 2.79. The minimum absolute atomic E-state index is 0.0277. The molecule has 2 aliphatic rings. The van der Waals surface area contributed by atoms with E-state index in [-0.39, 0.29) is 12.0 Å². The molecule has 0 heterocycles. The fraction of sp³-hybridized carbons (Fsp3) is 0.588. The second-order valence-electron chi connectivity index (χ2n) is 5.99. The van der Waals surface area contributed by atoms with Gasteiger partial charge >= 0.3 is 0 Å². The lowest BCUT2D eigenvalue weighted by atomic mass is 10.1.